The lowest BCUT2D eigenvalue weighted by Crippen LogP contribution is -2.62. The van der Waals surface area contributed by atoms with E-state index < -0.39 is 57.9 Å². The molecule has 14 heteroatoms. The predicted molar refractivity (Wildman–Crippen MR) is 76.0 cm³/mol. The molecule has 0 saturated carbocycles. The van der Waals surface area contributed by atoms with Crippen LogP contribution in [0.25, 0.3) is 0 Å². The van der Waals surface area contributed by atoms with E-state index in [1.807, 2.05) is 0 Å². The van der Waals surface area contributed by atoms with Crippen molar-refractivity contribution < 1.29 is 35.8 Å². The number of fused-ring (bicyclic) bond motifs is 3. The maximum atomic E-state index is 12.2. The molecule has 0 aromatic heterocycles. The number of rotatable bonds is 0. The minimum atomic E-state index is -3.70. The van der Waals surface area contributed by atoms with E-state index in [4.69, 9.17) is 18.9 Å². The van der Waals surface area contributed by atoms with E-state index in [0.717, 1.165) is 17.2 Å². The summed E-state index contributed by atoms with van der Waals surface area (Å²) in [6, 6.07) is 0. The average molecular weight is 386 g/mol. The van der Waals surface area contributed by atoms with Crippen molar-refractivity contribution in [2.24, 2.45) is 0 Å². The first-order valence-electron chi connectivity index (χ1n) is 7.10. The molecule has 6 atom stereocenters. The summed E-state index contributed by atoms with van der Waals surface area (Å²) in [6.07, 6.45) is -5.77. The molecule has 4 rings (SSSR count). The van der Waals surface area contributed by atoms with Crippen molar-refractivity contribution in [3.05, 3.63) is 0 Å². The summed E-state index contributed by atoms with van der Waals surface area (Å²) in [5.41, 5.74) is 0. The Morgan fingerprint density at radius 3 is 0.958 bits per heavy atom. The second-order valence-corrected chi connectivity index (χ2v) is 10.0. The van der Waals surface area contributed by atoms with Crippen molar-refractivity contribution >= 4 is 20.4 Å². The quantitative estimate of drug-likeness (QED) is 0.441. The van der Waals surface area contributed by atoms with Gasteiger partial charge in [0.1, 0.15) is 0 Å². The van der Waals surface area contributed by atoms with Gasteiger partial charge in [0.2, 0.25) is 12.6 Å². The van der Waals surface area contributed by atoms with Gasteiger partial charge in [-0.1, -0.05) is 0 Å². The summed E-state index contributed by atoms with van der Waals surface area (Å²) in [7, 11) is -1.93. The molecule has 0 radical (unpaired) electrons. The van der Waals surface area contributed by atoms with E-state index in [0.29, 0.717) is 0 Å². The molecule has 0 aliphatic carbocycles. The molecule has 2 unspecified atom stereocenters. The van der Waals surface area contributed by atoms with E-state index >= 15 is 0 Å². The molecule has 138 valence electrons. The SMILES string of the molecule is CN1[C@@H]2OC3O[C@@H]4[C@H](OC3O[C@H]2N(C)S1(=O)=O)N(C)S(=O)(=O)N4C. The molecule has 0 amide bonds. The van der Waals surface area contributed by atoms with Crippen LogP contribution in [0.4, 0.5) is 0 Å². The van der Waals surface area contributed by atoms with Crippen molar-refractivity contribution in [1.29, 1.82) is 0 Å². The van der Waals surface area contributed by atoms with Gasteiger partial charge in [-0.2, -0.15) is 34.1 Å². The molecule has 4 aliphatic heterocycles. The van der Waals surface area contributed by atoms with Crippen LogP contribution in [-0.4, -0.2) is 99.7 Å². The first-order valence-corrected chi connectivity index (χ1v) is 9.90. The fourth-order valence-corrected chi connectivity index (χ4v) is 5.61. The highest BCUT2D eigenvalue weighted by Gasteiger charge is 2.61. The molecule has 4 heterocycles. The van der Waals surface area contributed by atoms with Gasteiger partial charge in [-0.3, -0.25) is 0 Å². The highest BCUT2D eigenvalue weighted by Crippen LogP contribution is 2.40. The smallest absolute Gasteiger partial charge is 0.286 e. The lowest BCUT2D eigenvalue weighted by atomic mass is 10.3. The molecule has 24 heavy (non-hydrogen) atoms. The van der Waals surface area contributed by atoms with Crippen LogP contribution >= 0.6 is 0 Å². The fraction of sp³-hybridized carbons (Fsp3) is 1.00. The van der Waals surface area contributed by atoms with E-state index in [1.165, 1.54) is 28.2 Å². The summed E-state index contributed by atoms with van der Waals surface area (Å²) in [4.78, 5) is 0. The highest BCUT2D eigenvalue weighted by atomic mass is 32.2. The van der Waals surface area contributed by atoms with Gasteiger partial charge in [0.25, 0.3) is 20.4 Å². The van der Waals surface area contributed by atoms with Crippen LogP contribution in [0.5, 0.6) is 0 Å². The maximum absolute atomic E-state index is 12.2. The number of ether oxygens (including phenoxy) is 4. The molecular formula is C10H18N4O8S2. The van der Waals surface area contributed by atoms with Gasteiger partial charge < -0.3 is 18.9 Å². The molecule has 0 N–H and O–H groups in total. The third-order valence-electron chi connectivity index (χ3n) is 4.69. The van der Waals surface area contributed by atoms with Crippen LogP contribution in [0.15, 0.2) is 0 Å². The van der Waals surface area contributed by atoms with Gasteiger partial charge in [0, 0.05) is 28.2 Å². The van der Waals surface area contributed by atoms with Gasteiger partial charge >= 0.3 is 0 Å². The first-order chi connectivity index (χ1) is 11.1. The molecule has 0 aromatic rings. The van der Waals surface area contributed by atoms with E-state index in [9.17, 15) is 16.8 Å². The number of likely N-dealkylation sites (N-methyl/N-ethyl adjacent to an activating group) is 4. The Hall–Kier alpha value is -0.420. The fourth-order valence-electron chi connectivity index (χ4n) is 3.13. The zero-order valence-electron chi connectivity index (χ0n) is 13.3. The number of hydrogen-bond acceptors (Lipinski definition) is 8. The van der Waals surface area contributed by atoms with E-state index in [1.54, 1.807) is 0 Å². The second kappa shape index (κ2) is 5.06. The standard InChI is InChI=1S/C10H18N4O8S2/c1-11-5-6(12(2)23(11,15)16)20-10-9(19-5)21-7-8(22-10)14(4)24(17,18)13(7)3/h5-10H,1-4H3/t5-,6-,7-,8+,9?,10?/m1/s1. The molecule has 4 aliphatic rings. The first kappa shape index (κ1) is 17.0. The van der Waals surface area contributed by atoms with Crippen LogP contribution in [0.3, 0.4) is 0 Å². The van der Waals surface area contributed by atoms with E-state index in [2.05, 4.69) is 0 Å². The Kier molecular flexibility index (Phi) is 3.59. The normalized spacial score (nSPS) is 48.8. The molecule has 0 aromatic carbocycles. The maximum Gasteiger partial charge on any atom is 0.286 e. The Morgan fingerprint density at radius 2 is 0.750 bits per heavy atom. The monoisotopic (exact) mass is 386 g/mol. The summed E-state index contributed by atoms with van der Waals surface area (Å²) in [5.74, 6) is 0. The van der Waals surface area contributed by atoms with Gasteiger partial charge in [-0.15, -0.1) is 0 Å². The van der Waals surface area contributed by atoms with Crippen LogP contribution in [0.2, 0.25) is 0 Å². The Labute approximate surface area is 139 Å². The van der Waals surface area contributed by atoms with Crippen LogP contribution < -0.4 is 0 Å². The number of nitrogens with zero attached hydrogens (tertiary/aromatic N) is 4. The minimum Gasteiger partial charge on any atom is -0.324 e. The summed E-state index contributed by atoms with van der Waals surface area (Å²) in [6.45, 7) is 0. The molecule has 12 nitrogen and oxygen atoms in total. The van der Waals surface area contributed by atoms with Crippen molar-refractivity contribution in [3.8, 4) is 0 Å². The molecule has 0 spiro atoms. The van der Waals surface area contributed by atoms with Crippen LogP contribution in [0, 0.1) is 0 Å². The van der Waals surface area contributed by atoms with Crippen molar-refractivity contribution in [1.82, 2.24) is 17.2 Å². The van der Waals surface area contributed by atoms with Crippen LogP contribution in [-0.2, 0) is 39.4 Å². The van der Waals surface area contributed by atoms with Crippen molar-refractivity contribution in [2.75, 3.05) is 28.2 Å². The topological polar surface area (TPSA) is 118 Å². The van der Waals surface area contributed by atoms with Gasteiger partial charge in [-0.05, 0) is 0 Å². The number of hydrogen-bond donors (Lipinski definition) is 0. The zero-order chi connectivity index (χ0) is 17.6. The van der Waals surface area contributed by atoms with Gasteiger partial charge in [-0.25, -0.2) is 0 Å². The third-order valence-corrected chi connectivity index (χ3v) is 8.44. The van der Waals surface area contributed by atoms with Crippen molar-refractivity contribution in [3.63, 3.8) is 0 Å². The largest absolute Gasteiger partial charge is 0.324 e. The molecule has 4 fully saturated rings. The van der Waals surface area contributed by atoms with Crippen LogP contribution in [0.1, 0.15) is 0 Å². The van der Waals surface area contributed by atoms with Gasteiger partial charge in [0.05, 0.1) is 0 Å². The Balaban J connectivity index is 1.62. The predicted octanol–water partition coefficient (Wildman–Crippen LogP) is -2.72. The lowest BCUT2D eigenvalue weighted by Gasteiger charge is -2.45. The Morgan fingerprint density at radius 1 is 0.542 bits per heavy atom. The minimum absolute atomic E-state index is 0.914. The van der Waals surface area contributed by atoms with Crippen molar-refractivity contribution in [2.45, 2.75) is 37.5 Å². The zero-order valence-corrected chi connectivity index (χ0v) is 15.0. The average Bonchev–Trinajstić information content (AvgIpc) is 2.80. The molecule has 4 saturated heterocycles. The second-order valence-electron chi connectivity index (χ2n) is 5.92. The third kappa shape index (κ3) is 2.00. The molecule has 0 bridgehead atoms. The van der Waals surface area contributed by atoms with E-state index in [-0.39, 0.29) is 0 Å². The van der Waals surface area contributed by atoms with Gasteiger partial charge in [0.15, 0.2) is 24.9 Å². The molecular weight excluding hydrogens is 368 g/mol. The lowest BCUT2D eigenvalue weighted by molar-refractivity contribution is -0.438. The Bertz CT molecular complexity index is 647. The summed E-state index contributed by atoms with van der Waals surface area (Å²) in [5, 5.41) is 0. The summed E-state index contributed by atoms with van der Waals surface area (Å²) >= 11 is 0. The highest BCUT2D eigenvalue weighted by molar-refractivity contribution is 7.87. The summed E-state index contributed by atoms with van der Waals surface area (Å²) < 4.78 is 75.5.